The lowest BCUT2D eigenvalue weighted by atomic mass is 9.92. The van der Waals surface area contributed by atoms with E-state index in [0.717, 1.165) is 18.2 Å². The molecule has 0 bridgehead atoms. The highest BCUT2D eigenvalue weighted by Gasteiger charge is 2.22. The summed E-state index contributed by atoms with van der Waals surface area (Å²) in [5.41, 5.74) is 0.482. The summed E-state index contributed by atoms with van der Waals surface area (Å²) in [6.07, 6.45) is 0. The van der Waals surface area contributed by atoms with Crippen molar-refractivity contribution in [2.75, 3.05) is 4.72 Å². The number of aromatic carboxylic acids is 2. The van der Waals surface area contributed by atoms with Crippen LogP contribution in [0, 0.1) is 12.7 Å². The van der Waals surface area contributed by atoms with Gasteiger partial charge in [0.15, 0.2) is 0 Å². The first-order valence-electron chi connectivity index (χ1n) is 8.69. The van der Waals surface area contributed by atoms with E-state index < -0.39 is 27.8 Å². The smallest absolute Gasteiger partial charge is 0.336 e. The Kier molecular flexibility index (Phi) is 6.01. The highest BCUT2D eigenvalue weighted by Crippen LogP contribution is 2.31. The third-order valence-electron chi connectivity index (χ3n) is 4.35. The number of rotatable bonds is 6. The molecule has 31 heavy (non-hydrogen) atoms. The van der Waals surface area contributed by atoms with E-state index in [2.05, 4.69) is 4.72 Å². The summed E-state index contributed by atoms with van der Waals surface area (Å²) < 4.78 is 40.6. The number of carbonyl (C=O) groups is 2. The zero-order valence-corrected chi connectivity index (χ0v) is 17.5. The van der Waals surface area contributed by atoms with Gasteiger partial charge in [0.2, 0.25) is 0 Å². The second kappa shape index (κ2) is 8.37. The minimum absolute atomic E-state index is 0.00147. The standard InChI is InChI=1S/C21H15ClFNO6S/c1-11-8-15(20(25)26)19(16(9-11)21(27)28)12-2-5-14(6-3-12)24-31(29,30)18-7-4-13(23)10-17(18)22/h2-10,24H,1H3,(H,25,26)(H,27,28). The quantitative estimate of drug-likeness (QED) is 0.489. The lowest BCUT2D eigenvalue weighted by Gasteiger charge is -2.13. The SMILES string of the molecule is Cc1cc(C(=O)O)c(-c2ccc(NS(=O)(=O)c3ccc(F)cc3Cl)cc2)c(C(=O)O)c1. The van der Waals surface area contributed by atoms with E-state index in [1.165, 1.54) is 36.4 Å². The lowest BCUT2D eigenvalue weighted by Crippen LogP contribution is -2.13. The second-order valence-corrected chi connectivity index (χ2v) is 8.66. The molecule has 0 radical (unpaired) electrons. The number of benzene rings is 3. The second-order valence-electron chi connectivity index (χ2n) is 6.60. The van der Waals surface area contributed by atoms with E-state index in [1.807, 2.05) is 0 Å². The molecule has 3 aromatic rings. The van der Waals surface area contributed by atoms with E-state index in [-0.39, 0.29) is 37.9 Å². The highest BCUT2D eigenvalue weighted by atomic mass is 35.5. The monoisotopic (exact) mass is 463 g/mol. The molecule has 3 aromatic carbocycles. The van der Waals surface area contributed by atoms with Crippen molar-refractivity contribution in [3.05, 3.63) is 82.1 Å². The number of anilines is 1. The molecule has 3 N–H and O–H groups in total. The lowest BCUT2D eigenvalue weighted by molar-refractivity contribution is 0.0696. The maximum absolute atomic E-state index is 13.2. The fourth-order valence-electron chi connectivity index (χ4n) is 3.04. The fraction of sp³-hybridized carbons (Fsp3) is 0.0476. The summed E-state index contributed by atoms with van der Waals surface area (Å²) in [6.45, 7) is 1.58. The Hall–Kier alpha value is -3.43. The van der Waals surface area contributed by atoms with Crippen LogP contribution < -0.4 is 4.72 Å². The zero-order chi connectivity index (χ0) is 22.9. The Morgan fingerprint density at radius 1 is 0.935 bits per heavy atom. The van der Waals surface area contributed by atoms with Crippen LogP contribution in [0.5, 0.6) is 0 Å². The van der Waals surface area contributed by atoms with Gasteiger partial charge >= 0.3 is 11.9 Å². The molecule has 0 heterocycles. The van der Waals surface area contributed by atoms with Gasteiger partial charge in [-0.25, -0.2) is 22.4 Å². The molecule has 10 heteroatoms. The molecule has 7 nitrogen and oxygen atoms in total. The average molecular weight is 464 g/mol. The number of carboxylic acids is 2. The van der Waals surface area contributed by atoms with Crippen LogP contribution in [-0.2, 0) is 10.0 Å². The first-order chi connectivity index (χ1) is 14.5. The van der Waals surface area contributed by atoms with Gasteiger partial charge in [0.25, 0.3) is 10.0 Å². The summed E-state index contributed by atoms with van der Waals surface area (Å²) in [6, 6.07) is 11.1. The van der Waals surface area contributed by atoms with E-state index in [1.54, 1.807) is 6.92 Å². The highest BCUT2D eigenvalue weighted by molar-refractivity contribution is 7.92. The Morgan fingerprint density at radius 2 is 1.48 bits per heavy atom. The van der Waals surface area contributed by atoms with Gasteiger partial charge in [0.1, 0.15) is 10.7 Å². The molecule has 0 spiro atoms. The van der Waals surface area contributed by atoms with Gasteiger partial charge in [0.05, 0.1) is 16.1 Å². The van der Waals surface area contributed by atoms with E-state index in [9.17, 15) is 32.6 Å². The molecule has 0 saturated carbocycles. The molecule has 0 amide bonds. The van der Waals surface area contributed by atoms with Gasteiger partial charge in [-0.15, -0.1) is 0 Å². The summed E-state index contributed by atoms with van der Waals surface area (Å²) in [5, 5.41) is 18.7. The van der Waals surface area contributed by atoms with E-state index in [4.69, 9.17) is 11.6 Å². The van der Waals surface area contributed by atoms with Crippen molar-refractivity contribution >= 4 is 39.3 Å². The number of aryl methyl sites for hydroxylation is 1. The minimum Gasteiger partial charge on any atom is -0.478 e. The summed E-state index contributed by atoms with van der Waals surface area (Å²) in [4.78, 5) is 23.0. The van der Waals surface area contributed by atoms with Crippen LogP contribution in [0.15, 0.2) is 59.5 Å². The molecule has 0 saturated heterocycles. The van der Waals surface area contributed by atoms with Gasteiger partial charge in [-0.05, 0) is 60.5 Å². The van der Waals surface area contributed by atoms with Crippen LogP contribution in [0.25, 0.3) is 11.1 Å². The Morgan fingerprint density at radius 3 is 1.97 bits per heavy atom. The molecule has 0 aliphatic carbocycles. The molecular weight excluding hydrogens is 449 g/mol. The molecule has 0 aromatic heterocycles. The molecule has 0 aliphatic heterocycles. The fourth-order valence-corrected chi connectivity index (χ4v) is 4.63. The summed E-state index contributed by atoms with van der Waals surface area (Å²) in [7, 11) is -4.12. The molecule has 0 aliphatic rings. The Labute approximate surface area is 181 Å². The van der Waals surface area contributed by atoms with Crippen LogP contribution in [0.1, 0.15) is 26.3 Å². The first-order valence-corrected chi connectivity index (χ1v) is 10.6. The van der Waals surface area contributed by atoms with Gasteiger partial charge < -0.3 is 10.2 Å². The zero-order valence-electron chi connectivity index (χ0n) is 15.9. The summed E-state index contributed by atoms with van der Waals surface area (Å²) >= 11 is 5.82. The average Bonchev–Trinajstić information content (AvgIpc) is 2.67. The predicted molar refractivity (Wildman–Crippen MR) is 113 cm³/mol. The van der Waals surface area contributed by atoms with Crippen molar-refractivity contribution in [1.82, 2.24) is 0 Å². The first kappa shape index (κ1) is 22.3. The van der Waals surface area contributed by atoms with Crippen molar-refractivity contribution in [1.29, 1.82) is 0 Å². The molecule has 0 atom stereocenters. The minimum atomic E-state index is -4.12. The van der Waals surface area contributed by atoms with Crippen LogP contribution in [0.3, 0.4) is 0 Å². The van der Waals surface area contributed by atoms with Gasteiger partial charge in [-0.3, -0.25) is 4.72 Å². The maximum Gasteiger partial charge on any atom is 0.336 e. The Balaban J connectivity index is 2.01. The number of nitrogens with one attached hydrogen (secondary N) is 1. The number of hydrogen-bond donors (Lipinski definition) is 3. The predicted octanol–water partition coefficient (Wildman–Crippen LogP) is 4.65. The third-order valence-corrected chi connectivity index (χ3v) is 6.22. The number of carboxylic acid groups (broad SMARTS) is 2. The van der Waals surface area contributed by atoms with Gasteiger partial charge in [0, 0.05) is 11.3 Å². The van der Waals surface area contributed by atoms with Crippen LogP contribution in [-0.4, -0.2) is 30.6 Å². The van der Waals surface area contributed by atoms with Crippen LogP contribution in [0.2, 0.25) is 5.02 Å². The van der Waals surface area contributed by atoms with Crippen molar-refractivity contribution in [3.63, 3.8) is 0 Å². The van der Waals surface area contributed by atoms with Crippen molar-refractivity contribution in [2.45, 2.75) is 11.8 Å². The topological polar surface area (TPSA) is 121 Å². The number of hydrogen-bond acceptors (Lipinski definition) is 4. The normalized spacial score (nSPS) is 11.2. The largest absolute Gasteiger partial charge is 0.478 e. The molecule has 0 fully saturated rings. The number of sulfonamides is 1. The van der Waals surface area contributed by atoms with Crippen molar-refractivity contribution < 1.29 is 32.6 Å². The van der Waals surface area contributed by atoms with E-state index in [0.29, 0.717) is 5.56 Å². The van der Waals surface area contributed by atoms with Crippen LogP contribution in [0.4, 0.5) is 10.1 Å². The maximum atomic E-state index is 13.2. The van der Waals surface area contributed by atoms with Crippen LogP contribution >= 0.6 is 11.6 Å². The molecular formula is C21H15ClFNO6S. The van der Waals surface area contributed by atoms with Crippen molar-refractivity contribution in [2.24, 2.45) is 0 Å². The van der Waals surface area contributed by atoms with Gasteiger partial charge in [-0.2, -0.15) is 0 Å². The molecule has 0 unspecified atom stereocenters. The number of halogens is 2. The van der Waals surface area contributed by atoms with Gasteiger partial charge in [-0.1, -0.05) is 23.7 Å². The van der Waals surface area contributed by atoms with Crippen molar-refractivity contribution in [3.8, 4) is 11.1 Å². The summed E-state index contributed by atoms with van der Waals surface area (Å²) in [5.74, 6) is -3.27. The van der Waals surface area contributed by atoms with E-state index >= 15 is 0 Å². The molecule has 3 rings (SSSR count). The Bertz CT molecular complexity index is 1270. The molecule has 160 valence electrons. The third kappa shape index (κ3) is 4.68.